The minimum absolute atomic E-state index is 0.495. The van der Waals surface area contributed by atoms with Crippen LogP contribution in [0.15, 0.2) is 35.3 Å². The average molecular weight is 323 g/mol. The molecule has 1 N–H and O–H groups in total. The van der Waals surface area contributed by atoms with Crippen LogP contribution in [0.2, 0.25) is 0 Å². The Bertz CT molecular complexity index is 425. The van der Waals surface area contributed by atoms with Crippen molar-refractivity contribution in [3.63, 3.8) is 0 Å². The highest BCUT2D eigenvalue weighted by Crippen LogP contribution is 2.32. The molecule has 104 valence electrons. The van der Waals surface area contributed by atoms with E-state index in [1.165, 1.54) is 15.6 Å². The molecule has 0 bridgehead atoms. The van der Waals surface area contributed by atoms with Crippen molar-refractivity contribution in [2.45, 2.75) is 25.8 Å². The quantitative estimate of drug-likeness (QED) is 0.832. The number of nitrogens with zero attached hydrogens (tertiary/aromatic N) is 1. The lowest BCUT2D eigenvalue weighted by Gasteiger charge is -2.35. The standard InChI is InChI=1S/C16H23BrN2/c1-3-4-5-16(19-10-8-18-9-11-19)14-7-6-13(2)12-15(14)17/h3,6-7,12,16,18H,1,4-5,8-11H2,2H3/t16-/m1/s1. The third-order valence-electron chi connectivity index (χ3n) is 3.75. The van der Waals surface area contributed by atoms with E-state index in [-0.39, 0.29) is 0 Å². The molecule has 1 aromatic carbocycles. The molecule has 0 saturated carbocycles. The normalized spacial score (nSPS) is 18.2. The summed E-state index contributed by atoms with van der Waals surface area (Å²) in [6.07, 6.45) is 4.23. The minimum Gasteiger partial charge on any atom is -0.314 e. The molecular formula is C16H23BrN2. The highest BCUT2D eigenvalue weighted by molar-refractivity contribution is 9.10. The SMILES string of the molecule is C=CCC[C@H](c1ccc(C)cc1Br)N1CCNCC1. The number of rotatable bonds is 5. The first kappa shape index (κ1) is 14.8. The fourth-order valence-electron chi connectivity index (χ4n) is 2.71. The van der Waals surface area contributed by atoms with Crippen molar-refractivity contribution in [1.29, 1.82) is 0 Å². The second kappa shape index (κ2) is 7.22. The molecule has 0 radical (unpaired) electrons. The summed E-state index contributed by atoms with van der Waals surface area (Å²) in [5, 5.41) is 3.43. The molecule has 1 aliphatic rings. The zero-order chi connectivity index (χ0) is 13.7. The van der Waals surface area contributed by atoms with Crippen molar-refractivity contribution in [2.75, 3.05) is 26.2 Å². The van der Waals surface area contributed by atoms with Gasteiger partial charge in [-0.3, -0.25) is 4.90 Å². The first-order chi connectivity index (χ1) is 9.22. The number of benzene rings is 1. The second-order valence-electron chi connectivity index (χ2n) is 5.19. The van der Waals surface area contributed by atoms with Gasteiger partial charge in [0.2, 0.25) is 0 Å². The molecule has 0 aliphatic carbocycles. The summed E-state index contributed by atoms with van der Waals surface area (Å²) in [4.78, 5) is 2.59. The second-order valence-corrected chi connectivity index (χ2v) is 6.05. The van der Waals surface area contributed by atoms with Gasteiger partial charge in [-0.2, -0.15) is 0 Å². The predicted molar refractivity (Wildman–Crippen MR) is 85.5 cm³/mol. The van der Waals surface area contributed by atoms with E-state index in [0.29, 0.717) is 6.04 Å². The smallest absolute Gasteiger partial charge is 0.0363 e. The van der Waals surface area contributed by atoms with Crippen LogP contribution in [0.5, 0.6) is 0 Å². The van der Waals surface area contributed by atoms with Gasteiger partial charge in [0, 0.05) is 36.7 Å². The Morgan fingerprint density at radius 2 is 2.16 bits per heavy atom. The molecule has 0 spiro atoms. The molecule has 1 aromatic rings. The van der Waals surface area contributed by atoms with Crippen LogP contribution >= 0.6 is 15.9 Å². The predicted octanol–water partition coefficient (Wildman–Crippen LogP) is 3.67. The van der Waals surface area contributed by atoms with Crippen molar-refractivity contribution >= 4 is 15.9 Å². The Kier molecular flexibility index (Phi) is 5.61. The fraction of sp³-hybridized carbons (Fsp3) is 0.500. The summed E-state index contributed by atoms with van der Waals surface area (Å²) in [5.41, 5.74) is 2.72. The van der Waals surface area contributed by atoms with Crippen molar-refractivity contribution in [2.24, 2.45) is 0 Å². The van der Waals surface area contributed by atoms with Crippen LogP contribution in [-0.4, -0.2) is 31.1 Å². The van der Waals surface area contributed by atoms with E-state index in [1.807, 2.05) is 6.08 Å². The number of aryl methyl sites for hydroxylation is 1. The Morgan fingerprint density at radius 3 is 2.79 bits per heavy atom. The van der Waals surface area contributed by atoms with Crippen LogP contribution in [0.3, 0.4) is 0 Å². The number of nitrogens with one attached hydrogen (secondary N) is 1. The summed E-state index contributed by atoms with van der Waals surface area (Å²) >= 11 is 3.74. The zero-order valence-corrected chi connectivity index (χ0v) is 13.2. The highest BCUT2D eigenvalue weighted by atomic mass is 79.9. The summed E-state index contributed by atoms with van der Waals surface area (Å²) in [5.74, 6) is 0. The summed E-state index contributed by atoms with van der Waals surface area (Å²) in [6, 6.07) is 7.20. The molecule has 3 heteroatoms. The Labute approximate surface area is 125 Å². The molecule has 1 heterocycles. The van der Waals surface area contributed by atoms with Crippen LogP contribution in [-0.2, 0) is 0 Å². The van der Waals surface area contributed by atoms with Crippen LogP contribution in [0.4, 0.5) is 0 Å². The molecule has 19 heavy (non-hydrogen) atoms. The maximum absolute atomic E-state index is 3.87. The maximum Gasteiger partial charge on any atom is 0.0363 e. The third-order valence-corrected chi connectivity index (χ3v) is 4.44. The summed E-state index contributed by atoms with van der Waals surface area (Å²) in [6.45, 7) is 10.4. The molecule has 0 aromatic heterocycles. The topological polar surface area (TPSA) is 15.3 Å². The Morgan fingerprint density at radius 1 is 1.42 bits per heavy atom. The fourth-order valence-corrected chi connectivity index (χ4v) is 3.46. The molecule has 1 atom stereocenters. The van der Waals surface area contributed by atoms with E-state index in [0.717, 1.165) is 39.0 Å². The first-order valence-corrected chi connectivity index (χ1v) is 7.83. The lowest BCUT2D eigenvalue weighted by atomic mass is 9.98. The molecule has 2 rings (SSSR count). The van der Waals surface area contributed by atoms with Crippen molar-refractivity contribution in [1.82, 2.24) is 10.2 Å². The number of halogens is 1. The number of hydrogen-bond donors (Lipinski definition) is 1. The van der Waals surface area contributed by atoms with Gasteiger partial charge < -0.3 is 5.32 Å². The van der Waals surface area contributed by atoms with Crippen LogP contribution in [0, 0.1) is 6.92 Å². The van der Waals surface area contributed by atoms with E-state index in [9.17, 15) is 0 Å². The largest absolute Gasteiger partial charge is 0.314 e. The highest BCUT2D eigenvalue weighted by Gasteiger charge is 2.23. The number of piperazine rings is 1. The van der Waals surface area contributed by atoms with Gasteiger partial charge in [0.1, 0.15) is 0 Å². The van der Waals surface area contributed by atoms with E-state index >= 15 is 0 Å². The molecule has 0 unspecified atom stereocenters. The minimum atomic E-state index is 0.495. The monoisotopic (exact) mass is 322 g/mol. The van der Waals surface area contributed by atoms with Crippen LogP contribution in [0.25, 0.3) is 0 Å². The van der Waals surface area contributed by atoms with E-state index < -0.39 is 0 Å². The van der Waals surface area contributed by atoms with Crippen molar-refractivity contribution in [3.05, 3.63) is 46.5 Å². The first-order valence-electron chi connectivity index (χ1n) is 7.04. The van der Waals surface area contributed by atoms with Gasteiger partial charge in [0.15, 0.2) is 0 Å². The van der Waals surface area contributed by atoms with E-state index in [4.69, 9.17) is 0 Å². The van der Waals surface area contributed by atoms with Gasteiger partial charge in [0.25, 0.3) is 0 Å². The molecule has 1 aliphatic heterocycles. The third kappa shape index (κ3) is 3.91. The van der Waals surface area contributed by atoms with Gasteiger partial charge in [0.05, 0.1) is 0 Å². The van der Waals surface area contributed by atoms with Gasteiger partial charge in [-0.05, 0) is 37.0 Å². The number of allylic oxidation sites excluding steroid dienone is 1. The molecule has 0 amide bonds. The zero-order valence-electron chi connectivity index (χ0n) is 11.7. The van der Waals surface area contributed by atoms with Gasteiger partial charge in [-0.15, -0.1) is 6.58 Å². The van der Waals surface area contributed by atoms with Gasteiger partial charge in [-0.1, -0.05) is 34.1 Å². The van der Waals surface area contributed by atoms with Crippen LogP contribution in [0.1, 0.15) is 30.0 Å². The lowest BCUT2D eigenvalue weighted by molar-refractivity contribution is 0.165. The Hall–Kier alpha value is -0.640. The molecular weight excluding hydrogens is 300 g/mol. The average Bonchev–Trinajstić information content (AvgIpc) is 2.42. The van der Waals surface area contributed by atoms with E-state index in [1.54, 1.807) is 0 Å². The van der Waals surface area contributed by atoms with E-state index in [2.05, 4.69) is 57.8 Å². The maximum atomic E-state index is 3.87. The van der Waals surface area contributed by atoms with Crippen molar-refractivity contribution in [3.8, 4) is 0 Å². The Balaban J connectivity index is 2.22. The molecule has 1 fully saturated rings. The molecule has 2 nitrogen and oxygen atoms in total. The lowest BCUT2D eigenvalue weighted by Crippen LogP contribution is -2.45. The summed E-state index contributed by atoms with van der Waals surface area (Å²) < 4.78 is 1.24. The van der Waals surface area contributed by atoms with Gasteiger partial charge >= 0.3 is 0 Å². The number of hydrogen-bond acceptors (Lipinski definition) is 2. The van der Waals surface area contributed by atoms with Gasteiger partial charge in [-0.25, -0.2) is 0 Å². The van der Waals surface area contributed by atoms with Crippen molar-refractivity contribution < 1.29 is 0 Å². The summed E-state index contributed by atoms with van der Waals surface area (Å²) in [7, 11) is 0. The van der Waals surface area contributed by atoms with Crippen LogP contribution < -0.4 is 5.32 Å². The molecule has 1 saturated heterocycles.